The monoisotopic (exact) mass is 673 g/mol. The molecule has 0 saturated carbocycles. The summed E-state index contributed by atoms with van der Waals surface area (Å²) in [5.74, 6) is 1.53. The summed E-state index contributed by atoms with van der Waals surface area (Å²) >= 11 is 12.0. The largest absolute Gasteiger partial charge is 0.454 e. The summed E-state index contributed by atoms with van der Waals surface area (Å²) in [6.07, 6.45) is 2.49. The fourth-order valence-electron chi connectivity index (χ4n) is 5.58. The molecule has 0 unspecified atom stereocenters. The number of aryl methyl sites for hydroxylation is 1. The fourth-order valence-corrected chi connectivity index (χ4v) is 5.88. The van der Waals surface area contributed by atoms with Crippen molar-refractivity contribution in [2.45, 2.75) is 26.3 Å². The third kappa shape index (κ3) is 7.85. The van der Waals surface area contributed by atoms with Crippen LogP contribution in [-0.4, -0.2) is 65.5 Å². The van der Waals surface area contributed by atoms with E-state index in [1.165, 1.54) is 29.7 Å². The molecule has 242 valence electrons. The first-order valence-corrected chi connectivity index (χ1v) is 16.0. The number of benzene rings is 3. The van der Waals surface area contributed by atoms with Crippen LogP contribution in [0.25, 0.3) is 0 Å². The third-order valence-corrected chi connectivity index (χ3v) is 8.86. The fraction of sp³-hybridized carbons (Fsp3) is 0.257. The molecule has 12 heteroatoms. The molecular weight excluding hydrogens is 641 g/mol. The predicted octanol–water partition coefficient (Wildman–Crippen LogP) is 6.33. The van der Waals surface area contributed by atoms with Crippen LogP contribution in [0.1, 0.15) is 34.8 Å². The third-order valence-electron chi connectivity index (χ3n) is 8.12. The van der Waals surface area contributed by atoms with Crippen LogP contribution in [-0.2, 0) is 22.6 Å². The van der Waals surface area contributed by atoms with Gasteiger partial charge >= 0.3 is 0 Å². The van der Waals surface area contributed by atoms with Crippen LogP contribution < -0.4 is 19.7 Å². The highest BCUT2D eigenvalue weighted by Crippen LogP contribution is 2.33. The lowest BCUT2D eigenvalue weighted by molar-refractivity contribution is -0.133. The van der Waals surface area contributed by atoms with Gasteiger partial charge in [0.25, 0.3) is 5.91 Å². The number of aromatic nitrogens is 1. The van der Waals surface area contributed by atoms with Crippen molar-refractivity contribution in [3.8, 4) is 11.5 Å². The molecule has 10 nitrogen and oxygen atoms in total. The second-order valence-electron chi connectivity index (χ2n) is 11.4. The lowest BCUT2D eigenvalue weighted by atomic mass is 10.1. The molecule has 3 amide bonds. The van der Waals surface area contributed by atoms with Gasteiger partial charge in [-0.2, -0.15) is 0 Å². The van der Waals surface area contributed by atoms with Crippen molar-refractivity contribution in [2.24, 2.45) is 0 Å². The minimum atomic E-state index is -0.365. The van der Waals surface area contributed by atoms with Gasteiger partial charge in [0.2, 0.25) is 18.6 Å². The number of ether oxygens (including phenoxy) is 2. The van der Waals surface area contributed by atoms with E-state index in [1.807, 2.05) is 41.3 Å². The number of pyridine rings is 1. The Hall–Kier alpha value is -4.64. The normalized spacial score (nSPS) is 14.1. The second-order valence-corrected chi connectivity index (χ2v) is 12.2. The van der Waals surface area contributed by atoms with Gasteiger partial charge in [-0.05, 0) is 72.1 Å². The summed E-state index contributed by atoms with van der Waals surface area (Å²) in [5, 5.41) is 3.41. The number of nitrogens with zero attached hydrogens (tertiary/aromatic N) is 4. The number of piperazine rings is 1. The smallest absolute Gasteiger partial charge is 0.255 e. The van der Waals surface area contributed by atoms with E-state index in [-0.39, 0.29) is 29.5 Å². The van der Waals surface area contributed by atoms with Crippen molar-refractivity contribution in [3.05, 3.63) is 106 Å². The molecule has 3 heterocycles. The molecule has 2 aliphatic heterocycles. The number of fused-ring (bicyclic) bond motifs is 1. The van der Waals surface area contributed by atoms with Crippen molar-refractivity contribution in [1.29, 1.82) is 0 Å². The molecule has 0 atom stereocenters. The number of hydrogen-bond acceptors (Lipinski definition) is 7. The Morgan fingerprint density at radius 2 is 1.60 bits per heavy atom. The molecule has 0 bridgehead atoms. The number of nitrogens with one attached hydrogen (secondary N) is 1. The van der Waals surface area contributed by atoms with E-state index in [2.05, 4.69) is 21.3 Å². The number of carbonyl (C=O) groups is 3. The van der Waals surface area contributed by atoms with Crippen LogP contribution in [0.3, 0.4) is 0 Å². The van der Waals surface area contributed by atoms with E-state index in [0.29, 0.717) is 53.7 Å². The van der Waals surface area contributed by atoms with E-state index in [4.69, 9.17) is 32.7 Å². The number of anilines is 3. The maximum Gasteiger partial charge on any atom is 0.255 e. The van der Waals surface area contributed by atoms with Crippen LogP contribution in [0.5, 0.6) is 11.5 Å². The first-order chi connectivity index (χ1) is 22.7. The molecule has 0 spiro atoms. The minimum absolute atomic E-state index is 0.137. The van der Waals surface area contributed by atoms with Crippen molar-refractivity contribution < 1.29 is 23.9 Å². The van der Waals surface area contributed by atoms with Crippen LogP contribution >= 0.6 is 23.2 Å². The predicted molar refractivity (Wildman–Crippen MR) is 181 cm³/mol. The number of carbonyl (C=O) groups excluding carboxylic acids is 3. The van der Waals surface area contributed by atoms with Gasteiger partial charge in [0.05, 0.1) is 27.6 Å². The van der Waals surface area contributed by atoms with Crippen molar-refractivity contribution >= 4 is 58.1 Å². The molecule has 0 radical (unpaired) electrons. The molecule has 1 fully saturated rings. The summed E-state index contributed by atoms with van der Waals surface area (Å²) in [5.41, 5.74) is 3.62. The van der Waals surface area contributed by atoms with Gasteiger partial charge in [-0.3, -0.25) is 24.2 Å². The van der Waals surface area contributed by atoms with E-state index in [1.54, 1.807) is 24.3 Å². The van der Waals surface area contributed by atoms with Gasteiger partial charge in [0.1, 0.15) is 5.82 Å². The maximum atomic E-state index is 13.0. The summed E-state index contributed by atoms with van der Waals surface area (Å²) in [6, 6.07) is 21.5. The molecule has 6 rings (SSSR count). The zero-order valence-electron chi connectivity index (χ0n) is 25.7. The Bertz CT molecular complexity index is 1780. The maximum absolute atomic E-state index is 13.0. The highest BCUT2D eigenvalue weighted by atomic mass is 35.5. The average Bonchev–Trinajstić information content (AvgIpc) is 3.55. The zero-order valence-corrected chi connectivity index (χ0v) is 27.3. The number of halogens is 2. The lowest BCUT2D eigenvalue weighted by Gasteiger charge is -2.35. The van der Waals surface area contributed by atoms with E-state index in [0.717, 1.165) is 36.7 Å². The molecule has 2 aliphatic rings. The molecule has 1 saturated heterocycles. The highest BCUT2D eigenvalue weighted by molar-refractivity contribution is 6.42. The van der Waals surface area contributed by atoms with Gasteiger partial charge in [0, 0.05) is 51.6 Å². The summed E-state index contributed by atoms with van der Waals surface area (Å²) in [7, 11) is 0. The quantitative estimate of drug-likeness (QED) is 0.221. The Morgan fingerprint density at radius 3 is 2.30 bits per heavy atom. The Morgan fingerprint density at radius 1 is 0.851 bits per heavy atom. The molecule has 3 aromatic carbocycles. The van der Waals surface area contributed by atoms with Gasteiger partial charge in [-0.1, -0.05) is 41.4 Å². The van der Waals surface area contributed by atoms with Crippen LogP contribution in [0.2, 0.25) is 10.0 Å². The van der Waals surface area contributed by atoms with E-state index >= 15 is 0 Å². The highest BCUT2D eigenvalue weighted by Gasteiger charge is 2.22. The second kappa shape index (κ2) is 14.4. The zero-order chi connectivity index (χ0) is 32.9. The first-order valence-electron chi connectivity index (χ1n) is 15.2. The van der Waals surface area contributed by atoms with Gasteiger partial charge < -0.3 is 19.7 Å². The van der Waals surface area contributed by atoms with Gasteiger partial charge in [-0.15, -0.1) is 0 Å². The number of hydrogen-bond donors (Lipinski definition) is 1. The van der Waals surface area contributed by atoms with Gasteiger partial charge in [-0.25, -0.2) is 4.98 Å². The van der Waals surface area contributed by atoms with Crippen LogP contribution in [0.15, 0.2) is 79.0 Å². The van der Waals surface area contributed by atoms with E-state index in [9.17, 15) is 14.4 Å². The van der Waals surface area contributed by atoms with Gasteiger partial charge in [0.15, 0.2) is 11.5 Å². The summed E-state index contributed by atoms with van der Waals surface area (Å²) < 4.78 is 10.9. The molecule has 4 aromatic rings. The Labute approximate surface area is 282 Å². The molecule has 0 aliphatic carbocycles. The number of amides is 3. The minimum Gasteiger partial charge on any atom is -0.454 e. The standard InChI is InChI=1S/C35H33Cl2N5O5/c1-23(43)42(33-12-7-27(20-38-33)39-35(45)26-6-10-29(36)30(37)19-26)28-8-2-24(3-9-28)5-13-34(44)41-16-14-40(15-17-41)21-25-4-11-31-32(18-25)47-22-46-31/h2-4,6-12,18-20H,5,13-17,21-22H2,1H3,(H,39,45). The Kier molecular flexibility index (Phi) is 9.91. The van der Waals surface area contributed by atoms with Crippen molar-refractivity contribution in [1.82, 2.24) is 14.8 Å². The first kappa shape index (κ1) is 32.3. The topological polar surface area (TPSA) is 104 Å². The van der Waals surface area contributed by atoms with E-state index < -0.39 is 0 Å². The lowest BCUT2D eigenvalue weighted by Crippen LogP contribution is -2.48. The average molecular weight is 675 g/mol. The molecule has 1 aromatic heterocycles. The van der Waals surface area contributed by atoms with Crippen molar-refractivity contribution in [2.75, 3.05) is 43.2 Å². The SMILES string of the molecule is CC(=O)N(c1ccc(CCC(=O)N2CCN(Cc3ccc4c(c3)OCO4)CC2)cc1)c1ccc(NC(=O)c2ccc(Cl)c(Cl)c2)cn1. The molecular formula is C35H33Cl2N5O5. The summed E-state index contributed by atoms with van der Waals surface area (Å²) in [4.78, 5) is 48.4. The summed E-state index contributed by atoms with van der Waals surface area (Å²) in [6.45, 7) is 5.55. The molecule has 1 N–H and O–H groups in total. The number of rotatable bonds is 9. The Balaban J connectivity index is 0.991. The van der Waals surface area contributed by atoms with Crippen LogP contribution in [0, 0.1) is 0 Å². The molecule has 47 heavy (non-hydrogen) atoms. The van der Waals surface area contributed by atoms with Crippen LogP contribution in [0.4, 0.5) is 17.2 Å². The van der Waals surface area contributed by atoms with Crippen molar-refractivity contribution in [3.63, 3.8) is 0 Å².